The second kappa shape index (κ2) is 7.13. The molecular formula is C8H5BrN2O2. The standard InChI is InChI=1S/C7H4BrNO.CHNO/c8-6-2-1-3-7(4-6)9-5-10;2-1-3/h1-4H;2H. The maximum atomic E-state index is 9.78. The van der Waals surface area contributed by atoms with Gasteiger partial charge in [-0.3, -0.25) is 0 Å². The number of halogens is 1. The van der Waals surface area contributed by atoms with E-state index in [2.05, 4.69) is 20.9 Å². The largest absolute Gasteiger partial charge is 0.240 e. The van der Waals surface area contributed by atoms with Gasteiger partial charge in [0.2, 0.25) is 12.2 Å². The number of benzene rings is 1. The third-order valence-corrected chi connectivity index (χ3v) is 1.48. The summed E-state index contributed by atoms with van der Waals surface area (Å²) in [4.78, 5) is 21.6. The molecule has 4 nitrogen and oxygen atoms in total. The van der Waals surface area contributed by atoms with Crippen molar-refractivity contribution >= 4 is 33.8 Å². The van der Waals surface area contributed by atoms with E-state index in [9.17, 15) is 4.79 Å². The predicted molar refractivity (Wildman–Crippen MR) is 50.3 cm³/mol. The van der Waals surface area contributed by atoms with E-state index < -0.39 is 0 Å². The van der Waals surface area contributed by atoms with Crippen LogP contribution in [0.3, 0.4) is 0 Å². The molecule has 1 aromatic rings. The molecule has 0 radical (unpaired) electrons. The van der Waals surface area contributed by atoms with Crippen LogP contribution in [0.5, 0.6) is 0 Å². The van der Waals surface area contributed by atoms with E-state index in [1.54, 1.807) is 18.2 Å². The van der Waals surface area contributed by atoms with Gasteiger partial charge in [0.1, 0.15) is 0 Å². The highest BCUT2D eigenvalue weighted by molar-refractivity contribution is 9.10. The van der Waals surface area contributed by atoms with Crippen molar-refractivity contribution in [3.63, 3.8) is 0 Å². The molecule has 13 heavy (non-hydrogen) atoms. The normalized spacial score (nSPS) is 7.15. The minimum absolute atomic E-state index is 0.615. The fourth-order valence-corrected chi connectivity index (χ4v) is 0.986. The number of hydrogen-bond acceptors (Lipinski definition) is 4. The zero-order valence-electron chi connectivity index (χ0n) is 6.45. The van der Waals surface area contributed by atoms with Gasteiger partial charge in [-0.25, -0.2) is 15.0 Å². The molecule has 0 fully saturated rings. The van der Waals surface area contributed by atoms with Crippen LogP contribution in [0.4, 0.5) is 5.69 Å². The van der Waals surface area contributed by atoms with Gasteiger partial charge in [0, 0.05) is 4.47 Å². The summed E-state index contributed by atoms with van der Waals surface area (Å²) in [6.07, 6.45) is 2.22. The van der Waals surface area contributed by atoms with Crippen molar-refractivity contribution in [2.45, 2.75) is 0 Å². The third kappa shape index (κ3) is 5.70. The van der Waals surface area contributed by atoms with Gasteiger partial charge >= 0.3 is 0 Å². The topological polar surface area (TPSA) is 70.3 Å². The summed E-state index contributed by atoms with van der Waals surface area (Å²) in [5, 5.41) is 5.40. The molecule has 1 aromatic carbocycles. The van der Waals surface area contributed by atoms with Crippen LogP contribution in [-0.4, -0.2) is 12.2 Å². The molecule has 0 heterocycles. The number of aliphatic imine (C=N–C) groups is 1. The molecule has 5 heteroatoms. The fraction of sp³-hybridized carbons (Fsp3) is 0. The zero-order valence-corrected chi connectivity index (χ0v) is 8.04. The van der Waals surface area contributed by atoms with Gasteiger partial charge in [-0.15, -0.1) is 0 Å². The van der Waals surface area contributed by atoms with Crippen LogP contribution in [-0.2, 0) is 9.59 Å². The van der Waals surface area contributed by atoms with Crippen molar-refractivity contribution in [3.8, 4) is 0 Å². The first-order valence-electron chi connectivity index (χ1n) is 3.12. The highest BCUT2D eigenvalue weighted by atomic mass is 79.9. The van der Waals surface area contributed by atoms with Crippen molar-refractivity contribution in [1.82, 2.24) is 0 Å². The first-order chi connectivity index (χ1) is 6.24. The molecule has 0 aliphatic heterocycles. The van der Waals surface area contributed by atoms with Crippen molar-refractivity contribution in [2.24, 2.45) is 4.99 Å². The molecule has 0 saturated carbocycles. The van der Waals surface area contributed by atoms with Crippen molar-refractivity contribution in [3.05, 3.63) is 28.7 Å². The van der Waals surface area contributed by atoms with Crippen molar-refractivity contribution in [1.29, 1.82) is 5.41 Å². The van der Waals surface area contributed by atoms with Crippen molar-refractivity contribution < 1.29 is 9.59 Å². The smallest absolute Gasteiger partial charge is 0.222 e. The van der Waals surface area contributed by atoms with E-state index >= 15 is 0 Å². The molecule has 0 bridgehead atoms. The fourth-order valence-electron chi connectivity index (χ4n) is 0.598. The van der Waals surface area contributed by atoms with Gasteiger partial charge in [-0.2, -0.15) is 4.99 Å². The Morgan fingerprint density at radius 3 is 2.46 bits per heavy atom. The van der Waals surface area contributed by atoms with Crippen LogP contribution in [0.1, 0.15) is 0 Å². The maximum Gasteiger partial charge on any atom is 0.240 e. The number of carbonyl (C=O) groups excluding carboxylic acids is 2. The summed E-state index contributed by atoms with van der Waals surface area (Å²) < 4.78 is 0.906. The Bertz CT molecular complexity index is 353. The summed E-state index contributed by atoms with van der Waals surface area (Å²) >= 11 is 3.24. The molecule has 1 N–H and O–H groups in total. The molecule has 0 aliphatic rings. The highest BCUT2D eigenvalue weighted by Gasteiger charge is 1.87. The summed E-state index contributed by atoms with van der Waals surface area (Å²) in [6, 6.07) is 7.14. The summed E-state index contributed by atoms with van der Waals surface area (Å²) in [5.41, 5.74) is 0.615. The Balaban J connectivity index is 0.000000424. The second-order valence-electron chi connectivity index (χ2n) is 1.79. The van der Waals surface area contributed by atoms with E-state index in [1.165, 1.54) is 6.08 Å². The molecule has 0 aliphatic carbocycles. The van der Waals surface area contributed by atoms with Gasteiger partial charge in [-0.1, -0.05) is 22.0 Å². The number of rotatable bonds is 1. The molecule has 0 aromatic heterocycles. The Labute approximate surface area is 82.9 Å². The van der Waals surface area contributed by atoms with E-state index in [0.717, 1.165) is 10.6 Å². The summed E-state index contributed by atoms with van der Waals surface area (Å²) in [6.45, 7) is 0. The first-order valence-corrected chi connectivity index (χ1v) is 3.91. The van der Waals surface area contributed by atoms with Crippen LogP contribution >= 0.6 is 15.9 Å². The number of hydrogen-bond donors (Lipinski definition) is 1. The predicted octanol–water partition coefficient (Wildman–Crippen LogP) is 2.32. The second-order valence-corrected chi connectivity index (χ2v) is 2.70. The molecule has 0 atom stereocenters. The van der Waals surface area contributed by atoms with Crippen molar-refractivity contribution in [2.75, 3.05) is 0 Å². The highest BCUT2D eigenvalue weighted by Crippen LogP contribution is 2.17. The lowest BCUT2D eigenvalue weighted by atomic mass is 10.3. The average Bonchev–Trinajstić information content (AvgIpc) is 2.06. The van der Waals surface area contributed by atoms with Gasteiger partial charge in [0.25, 0.3) is 0 Å². The lowest BCUT2D eigenvalue weighted by molar-refractivity contribution is 0.562. The van der Waals surface area contributed by atoms with Crippen LogP contribution in [0.25, 0.3) is 0 Å². The van der Waals surface area contributed by atoms with E-state index in [-0.39, 0.29) is 0 Å². The molecule has 66 valence electrons. The minimum Gasteiger partial charge on any atom is -0.222 e. The summed E-state index contributed by atoms with van der Waals surface area (Å²) in [7, 11) is 0. The molecule has 0 amide bonds. The maximum absolute atomic E-state index is 9.78. The lowest BCUT2D eigenvalue weighted by Crippen LogP contribution is -1.63. The zero-order chi connectivity index (χ0) is 10.1. The van der Waals surface area contributed by atoms with Crippen LogP contribution < -0.4 is 0 Å². The Hall–Kier alpha value is -1.54. The van der Waals surface area contributed by atoms with Gasteiger partial charge < -0.3 is 0 Å². The van der Waals surface area contributed by atoms with Crippen LogP contribution in [0.2, 0.25) is 0 Å². The lowest BCUT2D eigenvalue weighted by Gasteiger charge is -1.88. The average molecular weight is 241 g/mol. The Kier molecular flexibility index (Phi) is 6.28. The molecule has 0 spiro atoms. The van der Waals surface area contributed by atoms with E-state index in [1.807, 2.05) is 6.07 Å². The Morgan fingerprint density at radius 1 is 1.38 bits per heavy atom. The monoisotopic (exact) mass is 240 g/mol. The SMILES string of the molecule is N=C=O.O=C=Nc1cccc(Br)c1. The van der Waals surface area contributed by atoms with E-state index in [4.69, 9.17) is 10.2 Å². The quantitative estimate of drug-likeness (QED) is 0.605. The van der Waals surface area contributed by atoms with Crippen LogP contribution in [0, 0.1) is 5.41 Å². The first kappa shape index (κ1) is 11.5. The van der Waals surface area contributed by atoms with Gasteiger partial charge in [0.15, 0.2) is 0 Å². The van der Waals surface area contributed by atoms with Crippen LogP contribution in [0.15, 0.2) is 33.7 Å². The number of nitrogens with zero attached hydrogens (tertiary/aromatic N) is 1. The molecule has 0 unspecified atom stereocenters. The summed E-state index contributed by atoms with van der Waals surface area (Å²) in [5.74, 6) is 0. The van der Waals surface area contributed by atoms with Gasteiger partial charge in [-0.05, 0) is 18.2 Å². The minimum atomic E-state index is 0.615. The molecule has 0 saturated heterocycles. The molecular weight excluding hydrogens is 236 g/mol. The third-order valence-electron chi connectivity index (χ3n) is 0.983. The van der Waals surface area contributed by atoms with E-state index in [0.29, 0.717) is 5.69 Å². The molecule has 1 rings (SSSR count). The Morgan fingerprint density at radius 2 is 2.00 bits per heavy atom. The number of nitrogens with one attached hydrogen (secondary N) is 1. The number of isocyanates is 2. The van der Waals surface area contributed by atoms with Gasteiger partial charge in [0.05, 0.1) is 5.69 Å².